The fourth-order valence-corrected chi connectivity index (χ4v) is 2.12. The van der Waals surface area contributed by atoms with E-state index in [0.29, 0.717) is 19.1 Å². The van der Waals surface area contributed by atoms with Gasteiger partial charge in [0.1, 0.15) is 5.82 Å². The van der Waals surface area contributed by atoms with Crippen molar-refractivity contribution in [3.05, 3.63) is 53.0 Å². The van der Waals surface area contributed by atoms with Crippen molar-refractivity contribution in [3.8, 4) is 0 Å². The maximum absolute atomic E-state index is 12.7. The first-order chi connectivity index (χ1) is 9.24. The molecule has 19 heavy (non-hydrogen) atoms. The van der Waals surface area contributed by atoms with Gasteiger partial charge in [-0.25, -0.2) is 9.18 Å². The number of benzene rings is 1. The van der Waals surface area contributed by atoms with Gasteiger partial charge in [0.2, 0.25) is 0 Å². The van der Waals surface area contributed by atoms with Crippen molar-refractivity contribution < 1.29 is 4.39 Å². The van der Waals surface area contributed by atoms with E-state index in [1.165, 1.54) is 12.1 Å². The second-order valence-corrected chi connectivity index (χ2v) is 4.85. The maximum Gasteiger partial charge on any atom is 0.328 e. The summed E-state index contributed by atoms with van der Waals surface area (Å²) in [5, 5.41) is 3.17. The van der Waals surface area contributed by atoms with Crippen LogP contribution in [-0.4, -0.2) is 15.7 Å². The quantitative estimate of drug-likeness (QED) is 0.896. The van der Waals surface area contributed by atoms with Gasteiger partial charge in [-0.3, -0.25) is 9.13 Å². The molecule has 1 saturated carbocycles. The summed E-state index contributed by atoms with van der Waals surface area (Å²) in [7, 11) is 0. The lowest BCUT2D eigenvalue weighted by atomic mass is 10.3. The molecule has 0 aliphatic heterocycles. The largest absolute Gasteiger partial charge is 0.383 e. The molecule has 0 radical (unpaired) electrons. The zero-order chi connectivity index (χ0) is 13.2. The Hall–Kier alpha value is -2.04. The molecule has 1 aliphatic rings. The van der Waals surface area contributed by atoms with E-state index < -0.39 is 0 Å². The van der Waals surface area contributed by atoms with Gasteiger partial charge in [0.15, 0.2) is 0 Å². The average molecular weight is 261 g/mol. The zero-order valence-electron chi connectivity index (χ0n) is 10.6. The van der Waals surface area contributed by atoms with Crippen LogP contribution in [0.5, 0.6) is 0 Å². The van der Waals surface area contributed by atoms with E-state index in [1.807, 2.05) is 12.4 Å². The Balaban J connectivity index is 1.57. The van der Waals surface area contributed by atoms with Crippen molar-refractivity contribution in [2.45, 2.75) is 25.4 Å². The minimum atomic E-state index is -0.247. The molecule has 5 heteroatoms. The Kier molecular flexibility index (Phi) is 3.11. The molecule has 0 atom stereocenters. The average Bonchev–Trinajstić information content (AvgIpc) is 3.18. The minimum absolute atomic E-state index is 0.0587. The number of rotatable bonds is 5. The maximum atomic E-state index is 12.7. The Morgan fingerprint density at radius 3 is 2.63 bits per heavy atom. The monoisotopic (exact) mass is 261 g/mol. The third-order valence-electron chi connectivity index (χ3n) is 3.34. The highest BCUT2D eigenvalue weighted by Crippen LogP contribution is 2.33. The van der Waals surface area contributed by atoms with Crippen LogP contribution < -0.4 is 11.0 Å². The number of hydrogen-bond acceptors (Lipinski definition) is 2. The van der Waals surface area contributed by atoms with Crippen LogP contribution in [-0.2, 0) is 6.54 Å². The fourth-order valence-electron chi connectivity index (χ4n) is 2.12. The number of aromatic nitrogens is 2. The number of imidazole rings is 1. The highest BCUT2D eigenvalue weighted by Gasteiger charge is 2.25. The first kappa shape index (κ1) is 12.0. The normalized spacial score (nSPS) is 14.6. The molecule has 0 bridgehead atoms. The lowest BCUT2D eigenvalue weighted by Crippen LogP contribution is -2.25. The SMILES string of the molecule is O=c1n(CCNc2ccc(F)cc2)ccn1C1CC1. The lowest BCUT2D eigenvalue weighted by molar-refractivity contribution is 0.627. The molecular formula is C14H16FN3O. The van der Waals surface area contributed by atoms with E-state index in [-0.39, 0.29) is 11.5 Å². The second-order valence-electron chi connectivity index (χ2n) is 4.85. The van der Waals surface area contributed by atoms with Crippen molar-refractivity contribution >= 4 is 5.69 Å². The van der Waals surface area contributed by atoms with Crippen LogP contribution in [0.15, 0.2) is 41.5 Å². The lowest BCUT2D eigenvalue weighted by Gasteiger charge is -2.06. The molecule has 0 saturated heterocycles. The molecule has 1 aromatic carbocycles. The van der Waals surface area contributed by atoms with Crippen LogP contribution in [0.25, 0.3) is 0 Å². The first-order valence-corrected chi connectivity index (χ1v) is 6.51. The molecular weight excluding hydrogens is 245 g/mol. The molecule has 1 aliphatic carbocycles. The summed E-state index contributed by atoms with van der Waals surface area (Å²) < 4.78 is 16.2. The Morgan fingerprint density at radius 2 is 1.95 bits per heavy atom. The van der Waals surface area contributed by atoms with Gasteiger partial charge < -0.3 is 5.32 Å². The van der Waals surface area contributed by atoms with Crippen LogP contribution in [0.1, 0.15) is 18.9 Å². The summed E-state index contributed by atoms with van der Waals surface area (Å²) in [4.78, 5) is 12.0. The van der Waals surface area contributed by atoms with Crippen LogP contribution in [0, 0.1) is 5.82 Å². The molecule has 0 spiro atoms. The molecule has 3 rings (SSSR count). The molecule has 4 nitrogen and oxygen atoms in total. The molecule has 0 unspecified atom stereocenters. The molecule has 1 fully saturated rings. The van der Waals surface area contributed by atoms with Crippen molar-refractivity contribution in [1.29, 1.82) is 0 Å². The highest BCUT2D eigenvalue weighted by molar-refractivity contribution is 5.42. The van der Waals surface area contributed by atoms with E-state index in [2.05, 4.69) is 5.32 Å². The van der Waals surface area contributed by atoms with E-state index in [1.54, 1.807) is 21.3 Å². The van der Waals surface area contributed by atoms with Gasteiger partial charge in [0.05, 0.1) is 0 Å². The standard InChI is InChI=1S/C14H16FN3O/c15-11-1-3-12(4-2-11)16-7-8-17-9-10-18(14(17)19)13-5-6-13/h1-4,9-10,13,16H,5-8H2. The highest BCUT2D eigenvalue weighted by atomic mass is 19.1. The molecule has 2 aromatic rings. The molecule has 1 aromatic heterocycles. The number of anilines is 1. The van der Waals surface area contributed by atoms with E-state index in [9.17, 15) is 9.18 Å². The summed E-state index contributed by atoms with van der Waals surface area (Å²) in [6.07, 6.45) is 5.90. The fraction of sp³-hybridized carbons (Fsp3) is 0.357. The zero-order valence-corrected chi connectivity index (χ0v) is 10.6. The van der Waals surface area contributed by atoms with Crippen LogP contribution in [0.4, 0.5) is 10.1 Å². The van der Waals surface area contributed by atoms with Crippen molar-refractivity contribution in [2.24, 2.45) is 0 Å². The van der Waals surface area contributed by atoms with Crippen molar-refractivity contribution in [1.82, 2.24) is 9.13 Å². The number of nitrogens with zero attached hydrogens (tertiary/aromatic N) is 2. The van der Waals surface area contributed by atoms with Gasteiger partial charge in [-0.1, -0.05) is 0 Å². The predicted molar refractivity (Wildman–Crippen MR) is 71.9 cm³/mol. The van der Waals surface area contributed by atoms with Gasteiger partial charge in [-0.15, -0.1) is 0 Å². The third-order valence-corrected chi connectivity index (χ3v) is 3.34. The third kappa shape index (κ3) is 2.70. The van der Waals surface area contributed by atoms with Gasteiger partial charge in [-0.2, -0.15) is 0 Å². The molecule has 1 N–H and O–H groups in total. The van der Waals surface area contributed by atoms with Gasteiger partial charge in [0.25, 0.3) is 0 Å². The smallest absolute Gasteiger partial charge is 0.328 e. The predicted octanol–water partition coefficient (Wildman–Crippen LogP) is 2.24. The second kappa shape index (κ2) is 4.91. The van der Waals surface area contributed by atoms with E-state index >= 15 is 0 Å². The van der Waals surface area contributed by atoms with Crippen LogP contribution in [0.2, 0.25) is 0 Å². The number of nitrogens with one attached hydrogen (secondary N) is 1. The number of halogens is 1. The summed E-state index contributed by atoms with van der Waals surface area (Å²) in [5.74, 6) is -0.247. The topological polar surface area (TPSA) is 39.0 Å². The Labute approximate surface area is 110 Å². The summed E-state index contributed by atoms with van der Waals surface area (Å²) in [5.41, 5.74) is 0.916. The van der Waals surface area contributed by atoms with Gasteiger partial charge in [0, 0.05) is 37.2 Å². The molecule has 100 valence electrons. The summed E-state index contributed by atoms with van der Waals surface area (Å²) >= 11 is 0. The minimum Gasteiger partial charge on any atom is -0.383 e. The van der Waals surface area contributed by atoms with Crippen molar-refractivity contribution in [3.63, 3.8) is 0 Å². The first-order valence-electron chi connectivity index (χ1n) is 6.51. The number of hydrogen-bond donors (Lipinski definition) is 1. The van der Waals surface area contributed by atoms with Gasteiger partial charge in [-0.05, 0) is 37.1 Å². The Bertz CT molecular complexity index is 610. The summed E-state index contributed by atoms with van der Waals surface area (Å²) in [6.45, 7) is 1.25. The van der Waals surface area contributed by atoms with E-state index in [4.69, 9.17) is 0 Å². The van der Waals surface area contributed by atoms with E-state index in [0.717, 1.165) is 18.5 Å². The van der Waals surface area contributed by atoms with Crippen LogP contribution >= 0.6 is 0 Å². The Morgan fingerprint density at radius 1 is 1.21 bits per heavy atom. The van der Waals surface area contributed by atoms with Gasteiger partial charge >= 0.3 is 5.69 Å². The van der Waals surface area contributed by atoms with Crippen LogP contribution in [0.3, 0.4) is 0 Å². The summed E-state index contributed by atoms with van der Waals surface area (Å²) in [6, 6.07) is 6.62. The molecule has 1 heterocycles. The van der Waals surface area contributed by atoms with Crippen molar-refractivity contribution in [2.75, 3.05) is 11.9 Å². The molecule has 0 amide bonds.